The average Bonchev–Trinajstić information content (AvgIpc) is 2.58. The van der Waals surface area contributed by atoms with Crippen LogP contribution in [-0.2, 0) is 0 Å². The summed E-state index contributed by atoms with van der Waals surface area (Å²) in [4.78, 5) is 5.54. The number of thiazole rings is 1. The minimum Gasteiger partial charge on any atom is -0.375 e. The molecule has 0 spiro atoms. The van der Waals surface area contributed by atoms with Gasteiger partial charge in [0, 0.05) is 10.8 Å². The second-order valence-corrected chi connectivity index (χ2v) is 5.20. The summed E-state index contributed by atoms with van der Waals surface area (Å²) in [7, 11) is 0. The number of aromatic nitrogens is 1. The second kappa shape index (κ2) is 4.26. The minimum atomic E-state index is 0.371. The second-order valence-electron chi connectivity index (χ2n) is 4.13. The lowest BCUT2D eigenvalue weighted by Gasteiger charge is -2.10. The summed E-state index contributed by atoms with van der Waals surface area (Å²) < 4.78 is 0. The summed E-state index contributed by atoms with van der Waals surface area (Å²) in [5.74, 6) is 0.371. The van der Waals surface area contributed by atoms with Crippen molar-refractivity contribution in [1.29, 1.82) is 0 Å². The molecule has 2 rings (SSSR count). The van der Waals surface area contributed by atoms with Crippen molar-refractivity contribution in [2.75, 3.05) is 5.73 Å². The SMILES string of the molecule is Cc1ccc(C(C)c2sc(N)nc2C)cc1. The van der Waals surface area contributed by atoms with E-state index in [1.54, 1.807) is 11.3 Å². The van der Waals surface area contributed by atoms with E-state index in [1.807, 2.05) is 6.92 Å². The fourth-order valence-electron chi connectivity index (χ4n) is 1.84. The zero-order valence-electron chi connectivity index (χ0n) is 9.82. The largest absolute Gasteiger partial charge is 0.375 e. The molecule has 1 aromatic heterocycles. The fourth-order valence-corrected chi connectivity index (χ4v) is 2.75. The van der Waals surface area contributed by atoms with Gasteiger partial charge in [0.1, 0.15) is 0 Å². The van der Waals surface area contributed by atoms with E-state index in [1.165, 1.54) is 16.0 Å². The van der Waals surface area contributed by atoms with Crippen LogP contribution in [0.4, 0.5) is 5.13 Å². The molecular formula is C13H16N2S. The van der Waals surface area contributed by atoms with Crippen LogP contribution in [0.25, 0.3) is 0 Å². The van der Waals surface area contributed by atoms with Gasteiger partial charge in [0.25, 0.3) is 0 Å². The van der Waals surface area contributed by atoms with Crippen LogP contribution >= 0.6 is 11.3 Å². The quantitative estimate of drug-likeness (QED) is 0.860. The zero-order valence-corrected chi connectivity index (χ0v) is 10.6. The Kier molecular flexibility index (Phi) is 2.97. The van der Waals surface area contributed by atoms with Gasteiger partial charge in [-0.2, -0.15) is 0 Å². The van der Waals surface area contributed by atoms with Crippen LogP contribution in [-0.4, -0.2) is 4.98 Å². The van der Waals surface area contributed by atoms with Crippen LogP contribution < -0.4 is 5.73 Å². The Balaban J connectivity index is 2.35. The molecule has 0 fully saturated rings. The van der Waals surface area contributed by atoms with Crippen LogP contribution in [0.5, 0.6) is 0 Å². The van der Waals surface area contributed by atoms with Gasteiger partial charge in [-0.25, -0.2) is 4.98 Å². The van der Waals surface area contributed by atoms with Crippen LogP contribution in [0, 0.1) is 13.8 Å². The molecule has 1 atom stereocenters. The van der Waals surface area contributed by atoms with E-state index in [4.69, 9.17) is 5.73 Å². The van der Waals surface area contributed by atoms with Crippen molar-refractivity contribution < 1.29 is 0 Å². The first-order valence-electron chi connectivity index (χ1n) is 5.37. The van der Waals surface area contributed by atoms with Crippen LogP contribution in [0.1, 0.15) is 34.5 Å². The monoisotopic (exact) mass is 232 g/mol. The Morgan fingerprint density at radius 1 is 1.19 bits per heavy atom. The summed E-state index contributed by atoms with van der Waals surface area (Å²) in [6.45, 7) is 6.32. The first-order chi connectivity index (χ1) is 7.58. The van der Waals surface area contributed by atoms with Gasteiger partial charge in [-0.05, 0) is 19.4 Å². The normalized spacial score (nSPS) is 12.7. The Hall–Kier alpha value is -1.35. The molecule has 0 saturated carbocycles. The summed E-state index contributed by atoms with van der Waals surface area (Å²) in [5.41, 5.74) is 9.38. The van der Waals surface area contributed by atoms with E-state index in [9.17, 15) is 0 Å². The van der Waals surface area contributed by atoms with E-state index >= 15 is 0 Å². The van der Waals surface area contributed by atoms with Crippen molar-refractivity contribution in [3.8, 4) is 0 Å². The number of hydrogen-bond donors (Lipinski definition) is 1. The van der Waals surface area contributed by atoms with E-state index < -0.39 is 0 Å². The Morgan fingerprint density at radius 3 is 2.31 bits per heavy atom. The van der Waals surface area contributed by atoms with Gasteiger partial charge in [0.15, 0.2) is 5.13 Å². The molecule has 0 radical (unpaired) electrons. The molecule has 0 bridgehead atoms. The molecule has 84 valence electrons. The summed E-state index contributed by atoms with van der Waals surface area (Å²) in [6.07, 6.45) is 0. The van der Waals surface area contributed by atoms with Crippen molar-refractivity contribution >= 4 is 16.5 Å². The molecule has 16 heavy (non-hydrogen) atoms. The first-order valence-corrected chi connectivity index (χ1v) is 6.19. The highest BCUT2D eigenvalue weighted by Gasteiger charge is 2.14. The predicted molar refractivity (Wildman–Crippen MR) is 70.0 cm³/mol. The van der Waals surface area contributed by atoms with Gasteiger partial charge >= 0.3 is 0 Å². The molecule has 1 heterocycles. The van der Waals surface area contributed by atoms with Crippen molar-refractivity contribution in [3.63, 3.8) is 0 Å². The molecule has 0 aliphatic heterocycles. The third kappa shape index (κ3) is 2.09. The van der Waals surface area contributed by atoms with Crippen molar-refractivity contribution in [3.05, 3.63) is 46.0 Å². The Bertz CT molecular complexity index is 485. The Labute approximate surface area is 100 Å². The maximum absolute atomic E-state index is 5.73. The lowest BCUT2D eigenvalue weighted by atomic mass is 9.98. The number of anilines is 1. The summed E-state index contributed by atoms with van der Waals surface area (Å²) >= 11 is 1.59. The van der Waals surface area contributed by atoms with Gasteiger partial charge in [-0.15, -0.1) is 11.3 Å². The van der Waals surface area contributed by atoms with E-state index in [2.05, 4.69) is 43.1 Å². The standard InChI is InChI=1S/C13H16N2S/c1-8-4-6-11(7-5-8)9(2)12-10(3)15-13(14)16-12/h4-7,9H,1-3H3,(H2,14,15). The lowest BCUT2D eigenvalue weighted by Crippen LogP contribution is -1.95. The van der Waals surface area contributed by atoms with E-state index in [0.717, 1.165) is 5.69 Å². The fraction of sp³-hybridized carbons (Fsp3) is 0.308. The molecule has 2 N–H and O–H groups in total. The van der Waals surface area contributed by atoms with Gasteiger partial charge in [0.05, 0.1) is 5.69 Å². The predicted octanol–water partition coefficient (Wildman–Crippen LogP) is 3.49. The highest BCUT2D eigenvalue weighted by molar-refractivity contribution is 7.15. The lowest BCUT2D eigenvalue weighted by molar-refractivity contribution is 0.926. The van der Waals surface area contributed by atoms with Gasteiger partial charge < -0.3 is 5.73 Å². The molecule has 0 aliphatic rings. The van der Waals surface area contributed by atoms with Crippen LogP contribution in [0.2, 0.25) is 0 Å². The van der Waals surface area contributed by atoms with Gasteiger partial charge in [-0.1, -0.05) is 36.8 Å². The van der Waals surface area contributed by atoms with Crippen LogP contribution in [0.15, 0.2) is 24.3 Å². The van der Waals surface area contributed by atoms with Gasteiger partial charge in [0.2, 0.25) is 0 Å². The molecule has 0 amide bonds. The van der Waals surface area contributed by atoms with Crippen LogP contribution in [0.3, 0.4) is 0 Å². The molecule has 2 aromatic rings. The number of aryl methyl sites for hydroxylation is 2. The molecule has 2 nitrogen and oxygen atoms in total. The number of benzene rings is 1. The average molecular weight is 232 g/mol. The maximum Gasteiger partial charge on any atom is 0.180 e. The maximum atomic E-state index is 5.73. The zero-order chi connectivity index (χ0) is 11.7. The summed E-state index contributed by atoms with van der Waals surface area (Å²) in [6, 6.07) is 8.64. The third-order valence-corrected chi connectivity index (χ3v) is 3.99. The number of hydrogen-bond acceptors (Lipinski definition) is 3. The highest BCUT2D eigenvalue weighted by atomic mass is 32.1. The minimum absolute atomic E-state index is 0.371. The highest BCUT2D eigenvalue weighted by Crippen LogP contribution is 2.32. The van der Waals surface area contributed by atoms with E-state index in [0.29, 0.717) is 11.0 Å². The number of nitrogens with two attached hydrogens (primary N) is 1. The first kappa shape index (κ1) is 11.1. The molecule has 0 aliphatic carbocycles. The number of rotatable bonds is 2. The summed E-state index contributed by atoms with van der Waals surface area (Å²) in [5, 5.41) is 0.659. The molecule has 3 heteroatoms. The molecule has 1 unspecified atom stereocenters. The number of nitrogen functional groups attached to an aromatic ring is 1. The van der Waals surface area contributed by atoms with Crippen molar-refractivity contribution in [2.24, 2.45) is 0 Å². The number of nitrogens with zero attached hydrogens (tertiary/aromatic N) is 1. The Morgan fingerprint density at radius 2 is 1.81 bits per heavy atom. The van der Waals surface area contributed by atoms with Gasteiger partial charge in [-0.3, -0.25) is 0 Å². The molecule has 0 saturated heterocycles. The van der Waals surface area contributed by atoms with E-state index in [-0.39, 0.29) is 0 Å². The molecular weight excluding hydrogens is 216 g/mol. The topological polar surface area (TPSA) is 38.9 Å². The van der Waals surface area contributed by atoms with Crippen molar-refractivity contribution in [2.45, 2.75) is 26.7 Å². The molecule has 1 aromatic carbocycles. The smallest absolute Gasteiger partial charge is 0.180 e. The van der Waals surface area contributed by atoms with Crippen molar-refractivity contribution in [1.82, 2.24) is 4.98 Å². The third-order valence-electron chi connectivity index (χ3n) is 2.82.